The highest BCUT2D eigenvalue weighted by Gasteiger charge is 2.35. The first-order chi connectivity index (χ1) is 9.79. The van der Waals surface area contributed by atoms with E-state index in [0.29, 0.717) is 5.02 Å². The number of carboxylic acid groups (broad SMARTS) is 1. The Hall–Kier alpha value is -1.49. The van der Waals surface area contributed by atoms with E-state index >= 15 is 0 Å². The highest BCUT2D eigenvalue weighted by atomic mass is 35.5. The summed E-state index contributed by atoms with van der Waals surface area (Å²) in [7, 11) is 0. The molecule has 0 saturated carbocycles. The van der Waals surface area contributed by atoms with Crippen molar-refractivity contribution in [2.75, 3.05) is 18.0 Å². The minimum Gasteiger partial charge on any atom is -0.465 e. The number of piperidine rings is 1. The van der Waals surface area contributed by atoms with Gasteiger partial charge in [-0.05, 0) is 45.7 Å². The summed E-state index contributed by atoms with van der Waals surface area (Å²) < 4.78 is 0. The molecule has 1 saturated heterocycles. The average Bonchev–Trinajstić information content (AvgIpc) is 2.38. The van der Waals surface area contributed by atoms with E-state index in [0.717, 1.165) is 31.7 Å². The molecule has 0 aliphatic carbocycles. The molecule has 0 radical (unpaired) electrons. The minimum absolute atomic E-state index is 0.0612. The molecule has 1 fully saturated rings. The van der Waals surface area contributed by atoms with E-state index in [4.69, 9.17) is 11.6 Å². The van der Waals surface area contributed by atoms with Crippen molar-refractivity contribution in [1.82, 2.24) is 9.88 Å². The number of carbonyl (C=O) groups is 1. The number of aromatic nitrogens is 1. The molecule has 0 unspecified atom stereocenters. The van der Waals surface area contributed by atoms with Crippen LogP contribution in [0.4, 0.5) is 10.6 Å². The van der Waals surface area contributed by atoms with Crippen LogP contribution in [0.3, 0.4) is 0 Å². The van der Waals surface area contributed by atoms with Crippen LogP contribution in [0, 0.1) is 0 Å². The molecule has 5 nitrogen and oxygen atoms in total. The fraction of sp³-hybridized carbons (Fsp3) is 0.600. The summed E-state index contributed by atoms with van der Waals surface area (Å²) in [6.07, 6.45) is 2.43. The number of hydrogen-bond acceptors (Lipinski definition) is 3. The SMILES string of the molecule is CC(C)(C)N(C(=O)O)C1CCN(c2ccc(Cl)cn2)CC1. The fourth-order valence-corrected chi connectivity index (χ4v) is 3.01. The second-order valence-corrected chi connectivity index (χ2v) is 6.81. The van der Waals surface area contributed by atoms with Crippen molar-refractivity contribution >= 4 is 23.5 Å². The van der Waals surface area contributed by atoms with Crippen LogP contribution in [0.5, 0.6) is 0 Å². The van der Waals surface area contributed by atoms with Crippen molar-refractivity contribution in [3.05, 3.63) is 23.4 Å². The highest BCUT2D eigenvalue weighted by molar-refractivity contribution is 6.30. The number of rotatable bonds is 2. The van der Waals surface area contributed by atoms with Gasteiger partial charge in [0, 0.05) is 30.9 Å². The van der Waals surface area contributed by atoms with Crippen molar-refractivity contribution in [3.8, 4) is 0 Å². The Kier molecular flexibility index (Phi) is 4.61. The Morgan fingerprint density at radius 1 is 1.38 bits per heavy atom. The van der Waals surface area contributed by atoms with Gasteiger partial charge in [0.25, 0.3) is 0 Å². The van der Waals surface area contributed by atoms with E-state index in [9.17, 15) is 9.90 Å². The molecule has 21 heavy (non-hydrogen) atoms. The quantitative estimate of drug-likeness (QED) is 0.908. The molecule has 1 N–H and O–H groups in total. The van der Waals surface area contributed by atoms with Gasteiger partial charge in [-0.3, -0.25) is 0 Å². The van der Waals surface area contributed by atoms with Crippen LogP contribution in [0.15, 0.2) is 18.3 Å². The monoisotopic (exact) mass is 311 g/mol. The zero-order valence-electron chi connectivity index (χ0n) is 12.7. The van der Waals surface area contributed by atoms with E-state index in [1.54, 1.807) is 11.1 Å². The molecule has 0 bridgehead atoms. The smallest absolute Gasteiger partial charge is 0.407 e. The van der Waals surface area contributed by atoms with E-state index < -0.39 is 6.09 Å². The van der Waals surface area contributed by atoms with E-state index in [1.165, 1.54) is 0 Å². The van der Waals surface area contributed by atoms with Crippen LogP contribution in [-0.2, 0) is 0 Å². The van der Waals surface area contributed by atoms with Gasteiger partial charge >= 0.3 is 6.09 Å². The number of hydrogen-bond donors (Lipinski definition) is 1. The van der Waals surface area contributed by atoms with Gasteiger partial charge < -0.3 is 14.9 Å². The molecular formula is C15H22ClN3O2. The van der Waals surface area contributed by atoms with Crippen LogP contribution in [0.1, 0.15) is 33.6 Å². The third-order valence-electron chi connectivity index (χ3n) is 3.79. The lowest BCUT2D eigenvalue weighted by molar-refractivity contribution is 0.0616. The van der Waals surface area contributed by atoms with Crippen LogP contribution in [-0.4, -0.2) is 45.8 Å². The molecule has 1 aliphatic rings. The number of anilines is 1. The van der Waals surface area contributed by atoms with Crippen molar-refractivity contribution in [2.45, 2.75) is 45.2 Å². The Morgan fingerprint density at radius 2 is 2.00 bits per heavy atom. The Bertz CT molecular complexity index is 491. The van der Waals surface area contributed by atoms with E-state index in [1.807, 2.05) is 32.9 Å². The molecule has 2 heterocycles. The Labute approximate surface area is 130 Å². The molecular weight excluding hydrogens is 290 g/mol. The van der Waals surface area contributed by atoms with Gasteiger partial charge in [-0.1, -0.05) is 11.6 Å². The zero-order valence-corrected chi connectivity index (χ0v) is 13.5. The molecule has 0 spiro atoms. The lowest BCUT2D eigenvalue weighted by atomic mass is 9.97. The van der Waals surface area contributed by atoms with Crippen LogP contribution in [0.2, 0.25) is 5.02 Å². The summed E-state index contributed by atoms with van der Waals surface area (Å²) in [4.78, 5) is 19.6. The average molecular weight is 312 g/mol. The van der Waals surface area contributed by atoms with Gasteiger partial charge in [-0.25, -0.2) is 9.78 Å². The molecule has 2 rings (SSSR count). The van der Waals surface area contributed by atoms with Gasteiger partial charge in [0.15, 0.2) is 0 Å². The molecule has 116 valence electrons. The Balaban J connectivity index is 2.02. The van der Waals surface area contributed by atoms with E-state index in [2.05, 4.69) is 9.88 Å². The second kappa shape index (κ2) is 6.10. The standard InChI is InChI=1S/C15H22ClN3O2/c1-15(2,3)19(14(20)21)12-6-8-18(9-7-12)13-5-4-11(16)10-17-13/h4-5,10,12H,6-9H2,1-3H3,(H,20,21). The number of amides is 1. The maximum Gasteiger partial charge on any atom is 0.407 e. The van der Waals surface area contributed by atoms with Crippen LogP contribution in [0.25, 0.3) is 0 Å². The molecule has 1 aromatic rings. The zero-order chi connectivity index (χ0) is 15.6. The predicted octanol–water partition coefficient (Wildman–Crippen LogP) is 3.48. The van der Waals surface area contributed by atoms with Gasteiger partial charge in [0.05, 0.1) is 5.02 Å². The fourth-order valence-electron chi connectivity index (χ4n) is 2.90. The van der Waals surface area contributed by atoms with Crippen molar-refractivity contribution in [2.24, 2.45) is 0 Å². The summed E-state index contributed by atoms with van der Waals surface area (Å²) in [6.45, 7) is 7.43. The summed E-state index contributed by atoms with van der Waals surface area (Å²) in [5.74, 6) is 0.899. The van der Waals surface area contributed by atoms with Gasteiger partial charge in [0.2, 0.25) is 0 Å². The third kappa shape index (κ3) is 3.79. The van der Waals surface area contributed by atoms with Crippen LogP contribution >= 0.6 is 11.6 Å². The molecule has 0 atom stereocenters. The van der Waals surface area contributed by atoms with Gasteiger partial charge in [-0.2, -0.15) is 0 Å². The molecule has 6 heteroatoms. The number of halogens is 1. The molecule has 1 aromatic heterocycles. The first-order valence-electron chi connectivity index (χ1n) is 7.18. The van der Waals surface area contributed by atoms with Crippen molar-refractivity contribution in [1.29, 1.82) is 0 Å². The minimum atomic E-state index is -0.842. The largest absolute Gasteiger partial charge is 0.465 e. The summed E-state index contributed by atoms with van der Waals surface area (Å²) in [5, 5.41) is 10.1. The topological polar surface area (TPSA) is 56.7 Å². The highest BCUT2D eigenvalue weighted by Crippen LogP contribution is 2.26. The first kappa shape index (κ1) is 15.9. The van der Waals surface area contributed by atoms with Gasteiger partial charge in [0.1, 0.15) is 5.82 Å². The van der Waals surface area contributed by atoms with Crippen molar-refractivity contribution < 1.29 is 9.90 Å². The van der Waals surface area contributed by atoms with E-state index in [-0.39, 0.29) is 11.6 Å². The molecule has 1 amide bonds. The normalized spacial score (nSPS) is 16.9. The maximum absolute atomic E-state index is 11.5. The van der Waals surface area contributed by atoms with Crippen molar-refractivity contribution in [3.63, 3.8) is 0 Å². The second-order valence-electron chi connectivity index (χ2n) is 6.38. The lowest BCUT2D eigenvalue weighted by Crippen LogP contribution is -2.54. The Morgan fingerprint density at radius 3 is 2.43 bits per heavy atom. The summed E-state index contributed by atoms with van der Waals surface area (Å²) in [5.41, 5.74) is -0.378. The number of pyridine rings is 1. The number of nitrogens with zero attached hydrogens (tertiary/aromatic N) is 3. The van der Waals surface area contributed by atoms with Gasteiger partial charge in [-0.15, -0.1) is 0 Å². The summed E-state index contributed by atoms with van der Waals surface area (Å²) in [6, 6.07) is 3.79. The summed E-state index contributed by atoms with van der Waals surface area (Å²) >= 11 is 5.85. The molecule has 1 aliphatic heterocycles. The maximum atomic E-state index is 11.5. The predicted molar refractivity (Wildman–Crippen MR) is 84.1 cm³/mol. The first-order valence-corrected chi connectivity index (χ1v) is 7.55. The third-order valence-corrected chi connectivity index (χ3v) is 4.02. The molecule has 0 aromatic carbocycles. The lowest BCUT2D eigenvalue weighted by Gasteiger charge is -2.43. The van der Waals surface area contributed by atoms with Crippen LogP contribution < -0.4 is 4.90 Å².